The predicted molar refractivity (Wildman–Crippen MR) is 101 cm³/mol. The summed E-state index contributed by atoms with van der Waals surface area (Å²) in [5.41, 5.74) is -0.485. The first-order valence-electron chi connectivity index (χ1n) is 7.90. The quantitative estimate of drug-likeness (QED) is 0.507. The maximum absolute atomic E-state index is 12.1. The van der Waals surface area contributed by atoms with Crippen LogP contribution in [0.25, 0.3) is 0 Å². The Morgan fingerprint density at radius 2 is 2.04 bits per heavy atom. The number of piperazine rings is 1. The van der Waals surface area contributed by atoms with Crippen molar-refractivity contribution in [1.29, 1.82) is 0 Å². The van der Waals surface area contributed by atoms with E-state index in [4.69, 9.17) is 4.74 Å². The zero-order chi connectivity index (χ0) is 17.0. The monoisotopic (exact) mass is 454 g/mol. The third-order valence-corrected chi connectivity index (χ3v) is 3.70. The van der Waals surface area contributed by atoms with Crippen molar-refractivity contribution in [3.05, 3.63) is 0 Å². The van der Waals surface area contributed by atoms with Gasteiger partial charge in [0.2, 0.25) is 0 Å². The SMILES string of the molecule is COC(=O)CCNC1=NCC2CN(C(=O)OC(C)(C)C)CCN12.I. The van der Waals surface area contributed by atoms with Crippen molar-refractivity contribution in [2.24, 2.45) is 4.99 Å². The van der Waals surface area contributed by atoms with Crippen LogP contribution in [-0.2, 0) is 14.3 Å². The van der Waals surface area contributed by atoms with Crippen molar-refractivity contribution in [2.45, 2.75) is 38.8 Å². The smallest absolute Gasteiger partial charge is 0.410 e. The average Bonchev–Trinajstić information content (AvgIpc) is 2.87. The molecule has 1 fully saturated rings. The number of halogens is 1. The van der Waals surface area contributed by atoms with Crippen LogP contribution in [0.15, 0.2) is 4.99 Å². The highest BCUT2D eigenvalue weighted by Crippen LogP contribution is 2.18. The Bertz CT molecular complexity index is 492. The van der Waals surface area contributed by atoms with E-state index in [1.165, 1.54) is 7.11 Å². The molecule has 1 saturated heterocycles. The minimum atomic E-state index is -0.485. The van der Waals surface area contributed by atoms with Crippen LogP contribution in [0.5, 0.6) is 0 Å². The van der Waals surface area contributed by atoms with Crippen molar-refractivity contribution in [3.63, 3.8) is 0 Å². The second-order valence-electron chi connectivity index (χ2n) is 6.69. The van der Waals surface area contributed by atoms with Crippen LogP contribution in [0.4, 0.5) is 4.79 Å². The van der Waals surface area contributed by atoms with Crippen LogP contribution >= 0.6 is 24.0 Å². The molecule has 0 aromatic rings. The first-order valence-corrected chi connectivity index (χ1v) is 7.90. The Labute approximate surface area is 159 Å². The number of methoxy groups -OCH3 is 1. The number of nitrogens with one attached hydrogen (secondary N) is 1. The molecule has 8 nitrogen and oxygen atoms in total. The molecular formula is C15H27IN4O4. The van der Waals surface area contributed by atoms with Crippen molar-refractivity contribution in [1.82, 2.24) is 15.1 Å². The van der Waals surface area contributed by atoms with Crippen LogP contribution in [0, 0.1) is 0 Å². The van der Waals surface area contributed by atoms with Crippen LogP contribution < -0.4 is 5.32 Å². The molecule has 0 aromatic heterocycles. The molecule has 0 bridgehead atoms. The second-order valence-corrected chi connectivity index (χ2v) is 6.69. The van der Waals surface area contributed by atoms with E-state index < -0.39 is 5.60 Å². The number of aliphatic imine (C=N–C) groups is 1. The number of guanidine groups is 1. The number of carbonyl (C=O) groups excluding carboxylic acids is 2. The van der Waals surface area contributed by atoms with Gasteiger partial charge in [-0.15, -0.1) is 24.0 Å². The molecule has 1 unspecified atom stereocenters. The Kier molecular flexibility index (Phi) is 7.56. The van der Waals surface area contributed by atoms with Gasteiger partial charge in [-0.05, 0) is 20.8 Å². The number of carbonyl (C=O) groups is 2. The zero-order valence-corrected chi connectivity index (χ0v) is 17.0. The van der Waals surface area contributed by atoms with Crippen molar-refractivity contribution >= 4 is 42.0 Å². The largest absolute Gasteiger partial charge is 0.469 e. The van der Waals surface area contributed by atoms with Gasteiger partial charge in [-0.3, -0.25) is 9.79 Å². The van der Waals surface area contributed by atoms with E-state index in [1.807, 2.05) is 20.8 Å². The van der Waals surface area contributed by atoms with E-state index in [2.05, 4.69) is 19.9 Å². The molecule has 0 radical (unpaired) electrons. The lowest BCUT2D eigenvalue weighted by Crippen LogP contribution is -2.57. The third-order valence-electron chi connectivity index (χ3n) is 3.70. The van der Waals surface area contributed by atoms with Gasteiger partial charge in [0.25, 0.3) is 0 Å². The number of rotatable bonds is 3. The number of fused-ring (bicyclic) bond motifs is 1. The van der Waals surface area contributed by atoms with Crippen LogP contribution in [-0.4, -0.2) is 79.3 Å². The number of nitrogens with zero attached hydrogens (tertiary/aromatic N) is 3. The molecule has 24 heavy (non-hydrogen) atoms. The van der Waals surface area contributed by atoms with Gasteiger partial charge in [-0.1, -0.05) is 0 Å². The highest BCUT2D eigenvalue weighted by Gasteiger charge is 2.36. The van der Waals surface area contributed by atoms with E-state index in [1.54, 1.807) is 4.90 Å². The molecule has 2 rings (SSSR count). The fourth-order valence-corrected chi connectivity index (χ4v) is 2.60. The molecule has 0 saturated carbocycles. The molecule has 9 heteroatoms. The van der Waals surface area contributed by atoms with Crippen molar-refractivity contribution in [2.75, 3.05) is 39.8 Å². The molecule has 1 N–H and O–H groups in total. The average molecular weight is 454 g/mol. The van der Waals surface area contributed by atoms with E-state index in [-0.39, 0.29) is 42.1 Å². The molecule has 1 amide bonds. The van der Waals surface area contributed by atoms with E-state index in [9.17, 15) is 9.59 Å². The zero-order valence-electron chi connectivity index (χ0n) is 14.7. The van der Waals surface area contributed by atoms with Gasteiger partial charge in [-0.2, -0.15) is 0 Å². The lowest BCUT2D eigenvalue weighted by molar-refractivity contribution is -0.140. The predicted octanol–water partition coefficient (Wildman–Crippen LogP) is 1.05. The second kappa shape index (κ2) is 8.72. The highest BCUT2D eigenvalue weighted by atomic mass is 127. The van der Waals surface area contributed by atoms with Gasteiger partial charge in [0.1, 0.15) is 5.60 Å². The summed E-state index contributed by atoms with van der Waals surface area (Å²) in [7, 11) is 1.38. The van der Waals surface area contributed by atoms with Gasteiger partial charge >= 0.3 is 12.1 Å². The van der Waals surface area contributed by atoms with Crippen molar-refractivity contribution in [3.8, 4) is 0 Å². The maximum atomic E-state index is 12.1. The third kappa shape index (κ3) is 5.67. The fourth-order valence-electron chi connectivity index (χ4n) is 2.60. The summed E-state index contributed by atoms with van der Waals surface area (Å²) >= 11 is 0. The van der Waals surface area contributed by atoms with Crippen LogP contribution in [0.1, 0.15) is 27.2 Å². The van der Waals surface area contributed by atoms with E-state index in [0.29, 0.717) is 39.1 Å². The first-order chi connectivity index (χ1) is 10.8. The van der Waals surface area contributed by atoms with Gasteiger partial charge in [0, 0.05) is 26.2 Å². The Morgan fingerprint density at radius 1 is 1.33 bits per heavy atom. The number of ether oxygens (including phenoxy) is 2. The molecule has 2 aliphatic rings. The standard InChI is InChI=1S/C15H26N4O4.HI/c1-15(2,3)23-14(21)18-7-8-19-11(10-18)9-17-13(19)16-6-5-12(20)22-4;/h11H,5-10H2,1-4H3,(H,16,17);1H. The molecule has 138 valence electrons. The summed E-state index contributed by atoms with van der Waals surface area (Å²) in [4.78, 5) is 31.6. The molecule has 1 atom stereocenters. The van der Waals surface area contributed by atoms with Gasteiger partial charge in [-0.25, -0.2) is 4.79 Å². The Hall–Kier alpha value is -1.26. The summed E-state index contributed by atoms with van der Waals surface area (Å²) in [5, 5.41) is 3.17. The van der Waals surface area contributed by atoms with Crippen LogP contribution in [0.2, 0.25) is 0 Å². The highest BCUT2D eigenvalue weighted by molar-refractivity contribution is 14.0. The normalized spacial score (nSPS) is 19.8. The van der Waals surface area contributed by atoms with Gasteiger partial charge in [0.15, 0.2) is 5.96 Å². The summed E-state index contributed by atoms with van der Waals surface area (Å²) in [5.74, 6) is 0.546. The number of amides is 1. The molecular weight excluding hydrogens is 427 g/mol. The summed E-state index contributed by atoms with van der Waals surface area (Å²) in [6.45, 7) is 8.62. The molecule has 0 aromatic carbocycles. The Morgan fingerprint density at radius 3 is 2.67 bits per heavy atom. The molecule has 0 spiro atoms. The van der Waals surface area contributed by atoms with E-state index >= 15 is 0 Å². The number of hydrogen-bond donors (Lipinski definition) is 1. The molecule has 0 aliphatic carbocycles. The maximum Gasteiger partial charge on any atom is 0.410 e. The van der Waals surface area contributed by atoms with Crippen LogP contribution in [0.3, 0.4) is 0 Å². The van der Waals surface area contributed by atoms with Crippen molar-refractivity contribution < 1.29 is 19.1 Å². The number of hydrogen-bond acceptors (Lipinski definition) is 7. The Balaban J connectivity index is 0.00000288. The topological polar surface area (TPSA) is 83.5 Å². The molecule has 2 heterocycles. The lowest BCUT2D eigenvalue weighted by Gasteiger charge is -2.39. The summed E-state index contributed by atoms with van der Waals surface area (Å²) in [6.07, 6.45) is 0.0298. The number of esters is 1. The first kappa shape index (κ1) is 20.8. The summed E-state index contributed by atoms with van der Waals surface area (Å²) < 4.78 is 10.0. The van der Waals surface area contributed by atoms with Gasteiger partial charge < -0.3 is 24.6 Å². The fraction of sp³-hybridized carbons (Fsp3) is 0.800. The minimum absolute atomic E-state index is 0. The molecule has 2 aliphatic heterocycles. The lowest BCUT2D eigenvalue weighted by atomic mass is 10.2. The van der Waals surface area contributed by atoms with E-state index in [0.717, 1.165) is 5.96 Å². The minimum Gasteiger partial charge on any atom is -0.469 e. The van der Waals surface area contributed by atoms with Gasteiger partial charge in [0.05, 0.1) is 26.1 Å². The summed E-state index contributed by atoms with van der Waals surface area (Å²) in [6, 6.07) is 0.164.